The number of phenolic OH excluding ortho intramolecular Hbond substituents is 2. The van der Waals surface area contributed by atoms with Crippen molar-refractivity contribution in [3.05, 3.63) is 77.9 Å². The summed E-state index contributed by atoms with van der Waals surface area (Å²) >= 11 is 0. The van der Waals surface area contributed by atoms with Gasteiger partial charge >= 0.3 is 0 Å². The molecule has 4 aromatic rings. The van der Waals surface area contributed by atoms with Crippen LogP contribution in [-0.2, 0) is 11.2 Å². The van der Waals surface area contributed by atoms with E-state index in [-0.39, 0.29) is 23.8 Å². The molecule has 0 spiro atoms. The van der Waals surface area contributed by atoms with Crippen molar-refractivity contribution in [2.45, 2.75) is 13.3 Å². The zero-order chi connectivity index (χ0) is 21.1. The number of anilines is 1. The number of phenols is 2. The number of aryl methyl sites for hydroxylation is 1. The maximum atomic E-state index is 12.3. The molecule has 1 heterocycles. The first kappa shape index (κ1) is 19.2. The van der Waals surface area contributed by atoms with Crippen LogP contribution in [0.2, 0.25) is 0 Å². The maximum Gasteiger partial charge on any atom is 0.248 e. The fourth-order valence-electron chi connectivity index (χ4n) is 2.95. The Balaban J connectivity index is 1.48. The Hall–Kier alpha value is -4.13. The van der Waals surface area contributed by atoms with E-state index in [0.717, 1.165) is 11.1 Å². The first-order valence-corrected chi connectivity index (χ1v) is 9.29. The molecule has 0 unspecified atom stereocenters. The highest BCUT2D eigenvalue weighted by Crippen LogP contribution is 2.27. The number of hydrogen-bond donors (Lipinski definition) is 3. The third-order valence-corrected chi connectivity index (χ3v) is 4.52. The first-order chi connectivity index (χ1) is 14.5. The summed E-state index contributed by atoms with van der Waals surface area (Å²) in [6.07, 6.45) is 0.0518. The lowest BCUT2D eigenvalue weighted by atomic mass is 10.1. The van der Waals surface area contributed by atoms with Gasteiger partial charge in [-0.2, -0.15) is 0 Å². The maximum absolute atomic E-state index is 12.3. The van der Waals surface area contributed by atoms with Gasteiger partial charge in [0.05, 0.1) is 6.42 Å². The van der Waals surface area contributed by atoms with Crippen LogP contribution in [-0.4, -0.2) is 26.3 Å². The van der Waals surface area contributed by atoms with E-state index in [0.29, 0.717) is 28.6 Å². The third-order valence-electron chi connectivity index (χ3n) is 4.52. The topological polar surface area (TPSA) is 108 Å². The van der Waals surface area contributed by atoms with Gasteiger partial charge in [0.15, 0.2) is 11.5 Å². The molecule has 0 aliphatic heterocycles. The Morgan fingerprint density at radius 3 is 2.37 bits per heavy atom. The highest BCUT2D eigenvalue weighted by Gasteiger charge is 2.12. The molecule has 150 valence electrons. The molecule has 3 aromatic carbocycles. The lowest BCUT2D eigenvalue weighted by Gasteiger charge is -2.07. The van der Waals surface area contributed by atoms with E-state index in [2.05, 4.69) is 15.5 Å². The largest absolute Gasteiger partial charge is 0.504 e. The quantitative estimate of drug-likeness (QED) is 0.430. The standard InChI is InChI=1S/C23H19N3O4/c1-14-5-8-16(9-6-14)22-25-26-23(30-22)17-3-2-4-18(13-17)24-21(29)12-15-7-10-19(27)20(28)11-15/h2-11,13,27-28H,12H2,1H3,(H,24,29). The SMILES string of the molecule is Cc1ccc(-c2nnc(-c3cccc(NC(=O)Cc4ccc(O)c(O)c4)c3)o2)cc1. The van der Waals surface area contributed by atoms with Crippen LogP contribution in [0.4, 0.5) is 5.69 Å². The molecule has 0 aliphatic rings. The van der Waals surface area contributed by atoms with Crippen molar-refractivity contribution in [3.63, 3.8) is 0 Å². The number of aromatic nitrogens is 2. The fraction of sp³-hybridized carbons (Fsp3) is 0.0870. The highest BCUT2D eigenvalue weighted by molar-refractivity contribution is 5.92. The number of carbonyl (C=O) groups is 1. The summed E-state index contributed by atoms with van der Waals surface area (Å²) in [6, 6.07) is 19.2. The highest BCUT2D eigenvalue weighted by atomic mass is 16.4. The van der Waals surface area contributed by atoms with Gasteiger partial charge in [0.2, 0.25) is 17.7 Å². The van der Waals surface area contributed by atoms with Crippen LogP contribution in [0.5, 0.6) is 11.5 Å². The van der Waals surface area contributed by atoms with Crippen LogP contribution >= 0.6 is 0 Å². The average molecular weight is 401 g/mol. The van der Waals surface area contributed by atoms with Gasteiger partial charge in [0.25, 0.3) is 0 Å². The molecule has 3 N–H and O–H groups in total. The zero-order valence-corrected chi connectivity index (χ0v) is 16.2. The van der Waals surface area contributed by atoms with Gasteiger partial charge in [0.1, 0.15) is 0 Å². The van der Waals surface area contributed by atoms with E-state index in [1.807, 2.05) is 37.3 Å². The normalized spacial score (nSPS) is 10.7. The van der Waals surface area contributed by atoms with Crippen molar-refractivity contribution in [2.24, 2.45) is 0 Å². The van der Waals surface area contributed by atoms with Crippen LogP contribution < -0.4 is 5.32 Å². The van der Waals surface area contributed by atoms with Gasteiger partial charge < -0.3 is 19.9 Å². The van der Waals surface area contributed by atoms with E-state index in [1.54, 1.807) is 24.3 Å². The summed E-state index contributed by atoms with van der Waals surface area (Å²) < 4.78 is 5.79. The molecular formula is C23H19N3O4. The number of rotatable bonds is 5. The predicted molar refractivity (Wildman–Crippen MR) is 112 cm³/mol. The van der Waals surface area contributed by atoms with Gasteiger partial charge in [-0.05, 0) is 55.0 Å². The molecule has 0 saturated heterocycles. The average Bonchev–Trinajstić information content (AvgIpc) is 3.22. The lowest BCUT2D eigenvalue weighted by Crippen LogP contribution is -2.14. The van der Waals surface area contributed by atoms with E-state index in [4.69, 9.17) is 4.42 Å². The predicted octanol–water partition coefficient (Wildman–Crippen LogP) is 4.30. The van der Waals surface area contributed by atoms with E-state index in [1.165, 1.54) is 12.1 Å². The minimum atomic E-state index is -0.261. The third kappa shape index (κ3) is 4.30. The second-order valence-corrected chi connectivity index (χ2v) is 6.91. The number of amides is 1. The molecule has 7 nitrogen and oxygen atoms in total. The van der Waals surface area contributed by atoms with Gasteiger partial charge in [-0.25, -0.2) is 0 Å². The summed E-state index contributed by atoms with van der Waals surface area (Å²) in [5, 5.41) is 29.9. The molecule has 7 heteroatoms. The van der Waals surface area contributed by atoms with Gasteiger partial charge in [-0.3, -0.25) is 4.79 Å². The smallest absolute Gasteiger partial charge is 0.248 e. The molecule has 0 radical (unpaired) electrons. The minimum Gasteiger partial charge on any atom is -0.504 e. The fourth-order valence-corrected chi connectivity index (χ4v) is 2.95. The molecule has 0 atom stereocenters. The Morgan fingerprint density at radius 2 is 1.63 bits per heavy atom. The number of carbonyl (C=O) groups excluding carboxylic acids is 1. The van der Waals surface area contributed by atoms with Crippen LogP contribution in [0.3, 0.4) is 0 Å². The van der Waals surface area contributed by atoms with Crippen molar-refractivity contribution in [1.82, 2.24) is 10.2 Å². The zero-order valence-electron chi connectivity index (χ0n) is 16.2. The minimum absolute atomic E-state index is 0.0518. The van der Waals surface area contributed by atoms with Crippen molar-refractivity contribution in [3.8, 4) is 34.4 Å². The Morgan fingerprint density at radius 1 is 0.900 bits per heavy atom. The molecule has 1 aromatic heterocycles. The first-order valence-electron chi connectivity index (χ1n) is 9.29. The summed E-state index contributed by atoms with van der Waals surface area (Å²) in [4.78, 5) is 12.3. The number of hydrogen-bond acceptors (Lipinski definition) is 6. The molecule has 4 rings (SSSR count). The molecular weight excluding hydrogens is 382 g/mol. The number of nitrogens with one attached hydrogen (secondary N) is 1. The van der Waals surface area contributed by atoms with Crippen LogP contribution in [0.1, 0.15) is 11.1 Å². The second-order valence-electron chi connectivity index (χ2n) is 6.91. The molecule has 30 heavy (non-hydrogen) atoms. The van der Waals surface area contributed by atoms with E-state index in [9.17, 15) is 15.0 Å². The van der Waals surface area contributed by atoms with Crippen LogP contribution in [0, 0.1) is 6.92 Å². The van der Waals surface area contributed by atoms with E-state index >= 15 is 0 Å². The van der Waals surface area contributed by atoms with Gasteiger partial charge in [-0.15, -0.1) is 10.2 Å². The summed E-state index contributed by atoms with van der Waals surface area (Å²) in [5.41, 5.74) is 3.82. The van der Waals surface area contributed by atoms with Crippen molar-refractivity contribution in [2.75, 3.05) is 5.32 Å². The molecule has 0 saturated carbocycles. The van der Waals surface area contributed by atoms with Crippen molar-refractivity contribution < 1.29 is 19.4 Å². The Labute approximate surface area is 172 Å². The number of aromatic hydroxyl groups is 2. The summed E-state index contributed by atoms with van der Waals surface area (Å²) in [7, 11) is 0. The monoisotopic (exact) mass is 401 g/mol. The molecule has 0 aliphatic carbocycles. The molecule has 1 amide bonds. The number of nitrogens with zero attached hydrogens (tertiary/aromatic N) is 2. The van der Waals surface area contributed by atoms with Crippen molar-refractivity contribution in [1.29, 1.82) is 0 Å². The van der Waals surface area contributed by atoms with Gasteiger partial charge in [0, 0.05) is 16.8 Å². The van der Waals surface area contributed by atoms with Crippen LogP contribution in [0.15, 0.2) is 71.1 Å². The summed E-state index contributed by atoms with van der Waals surface area (Å²) in [5.74, 6) is 0.0271. The summed E-state index contributed by atoms with van der Waals surface area (Å²) in [6.45, 7) is 2.01. The number of benzene rings is 3. The van der Waals surface area contributed by atoms with Gasteiger partial charge in [-0.1, -0.05) is 29.8 Å². The Kier molecular flexibility index (Phi) is 5.17. The Bertz CT molecular complexity index is 1200. The second kappa shape index (κ2) is 8.08. The molecule has 0 bridgehead atoms. The van der Waals surface area contributed by atoms with Crippen molar-refractivity contribution >= 4 is 11.6 Å². The lowest BCUT2D eigenvalue weighted by molar-refractivity contribution is -0.115. The van der Waals surface area contributed by atoms with E-state index < -0.39 is 0 Å². The molecule has 0 fully saturated rings. The van der Waals surface area contributed by atoms with Crippen LogP contribution in [0.25, 0.3) is 22.9 Å².